The molecule has 1 aliphatic rings. The number of hydrogen-bond acceptors (Lipinski definition) is 3. The van der Waals surface area contributed by atoms with E-state index in [0.717, 1.165) is 24.9 Å². The second kappa shape index (κ2) is 5.12. The van der Waals surface area contributed by atoms with Crippen LogP contribution in [0.1, 0.15) is 24.8 Å². The van der Waals surface area contributed by atoms with E-state index in [9.17, 15) is 4.79 Å². The SMILES string of the molecule is Cn1cc(CNC(=O)[C@H]2CCCCN2)cn1. The van der Waals surface area contributed by atoms with Gasteiger partial charge in [-0.05, 0) is 19.4 Å². The van der Waals surface area contributed by atoms with Crippen molar-refractivity contribution in [1.82, 2.24) is 20.4 Å². The van der Waals surface area contributed by atoms with Gasteiger partial charge in [-0.3, -0.25) is 9.48 Å². The van der Waals surface area contributed by atoms with Crippen LogP contribution < -0.4 is 10.6 Å². The average Bonchev–Trinajstić information content (AvgIpc) is 2.73. The topological polar surface area (TPSA) is 59.0 Å². The van der Waals surface area contributed by atoms with Gasteiger partial charge in [0, 0.05) is 25.4 Å². The first-order chi connectivity index (χ1) is 7.75. The molecular formula is C11H18N4O. The molecule has 16 heavy (non-hydrogen) atoms. The van der Waals surface area contributed by atoms with Gasteiger partial charge in [-0.2, -0.15) is 5.10 Å². The smallest absolute Gasteiger partial charge is 0.237 e. The molecule has 0 bridgehead atoms. The van der Waals surface area contributed by atoms with Crippen LogP contribution in [0.15, 0.2) is 12.4 Å². The maximum absolute atomic E-state index is 11.8. The molecule has 0 spiro atoms. The molecule has 0 aliphatic carbocycles. The highest BCUT2D eigenvalue weighted by Crippen LogP contribution is 2.07. The number of aryl methyl sites for hydroxylation is 1. The summed E-state index contributed by atoms with van der Waals surface area (Å²) < 4.78 is 1.74. The molecule has 5 heteroatoms. The van der Waals surface area contributed by atoms with Crippen LogP contribution in [0.5, 0.6) is 0 Å². The molecule has 1 aliphatic heterocycles. The van der Waals surface area contributed by atoms with Crippen LogP contribution in [0.4, 0.5) is 0 Å². The highest BCUT2D eigenvalue weighted by molar-refractivity contribution is 5.81. The summed E-state index contributed by atoms with van der Waals surface area (Å²) in [6.45, 7) is 1.51. The first-order valence-electron chi connectivity index (χ1n) is 5.74. The van der Waals surface area contributed by atoms with E-state index in [4.69, 9.17) is 0 Å². The Kier molecular flexibility index (Phi) is 3.56. The quantitative estimate of drug-likeness (QED) is 0.767. The zero-order valence-corrected chi connectivity index (χ0v) is 9.57. The van der Waals surface area contributed by atoms with Gasteiger partial charge >= 0.3 is 0 Å². The summed E-state index contributed by atoms with van der Waals surface area (Å²) in [5.74, 6) is 0.101. The van der Waals surface area contributed by atoms with Gasteiger partial charge in [0.25, 0.3) is 0 Å². The van der Waals surface area contributed by atoms with Crippen molar-refractivity contribution in [3.8, 4) is 0 Å². The Morgan fingerprint density at radius 2 is 2.56 bits per heavy atom. The predicted octanol–water partition coefficient (Wildman–Crippen LogP) is 0.178. The van der Waals surface area contributed by atoms with Crippen LogP contribution in [-0.4, -0.2) is 28.3 Å². The lowest BCUT2D eigenvalue weighted by Crippen LogP contribution is -2.46. The van der Waals surface area contributed by atoms with E-state index < -0.39 is 0 Å². The van der Waals surface area contributed by atoms with Crippen LogP contribution in [0.2, 0.25) is 0 Å². The van der Waals surface area contributed by atoms with Crippen LogP contribution in [0, 0.1) is 0 Å². The van der Waals surface area contributed by atoms with Crippen molar-refractivity contribution in [2.24, 2.45) is 7.05 Å². The highest BCUT2D eigenvalue weighted by Gasteiger charge is 2.19. The molecule has 2 heterocycles. The molecule has 2 rings (SSSR count). The monoisotopic (exact) mass is 222 g/mol. The molecule has 0 aromatic carbocycles. The van der Waals surface area contributed by atoms with E-state index in [2.05, 4.69) is 15.7 Å². The van der Waals surface area contributed by atoms with Crippen molar-refractivity contribution in [2.75, 3.05) is 6.54 Å². The fraction of sp³-hybridized carbons (Fsp3) is 0.636. The Morgan fingerprint density at radius 1 is 1.69 bits per heavy atom. The van der Waals surface area contributed by atoms with E-state index in [0.29, 0.717) is 6.54 Å². The Morgan fingerprint density at radius 3 is 3.19 bits per heavy atom. The number of nitrogens with one attached hydrogen (secondary N) is 2. The van der Waals surface area contributed by atoms with Gasteiger partial charge in [0.1, 0.15) is 0 Å². The van der Waals surface area contributed by atoms with Gasteiger partial charge in [0.15, 0.2) is 0 Å². The van der Waals surface area contributed by atoms with E-state index in [1.807, 2.05) is 13.2 Å². The molecule has 2 N–H and O–H groups in total. The summed E-state index contributed by atoms with van der Waals surface area (Å²) in [5.41, 5.74) is 1.03. The highest BCUT2D eigenvalue weighted by atomic mass is 16.2. The molecule has 1 amide bonds. The molecule has 1 aromatic rings. The van der Waals surface area contributed by atoms with E-state index >= 15 is 0 Å². The minimum atomic E-state index is -0.00887. The Balaban J connectivity index is 1.78. The molecular weight excluding hydrogens is 204 g/mol. The fourth-order valence-corrected chi connectivity index (χ4v) is 1.95. The minimum Gasteiger partial charge on any atom is -0.351 e. The second-order valence-corrected chi connectivity index (χ2v) is 4.24. The van der Waals surface area contributed by atoms with Crippen molar-refractivity contribution in [3.05, 3.63) is 18.0 Å². The number of carbonyl (C=O) groups excluding carboxylic acids is 1. The maximum Gasteiger partial charge on any atom is 0.237 e. The number of rotatable bonds is 3. The van der Waals surface area contributed by atoms with Crippen LogP contribution in [0.25, 0.3) is 0 Å². The molecule has 88 valence electrons. The summed E-state index contributed by atoms with van der Waals surface area (Å²) in [5, 5.41) is 10.2. The predicted molar refractivity (Wildman–Crippen MR) is 60.7 cm³/mol. The molecule has 1 saturated heterocycles. The number of carbonyl (C=O) groups is 1. The van der Waals surface area contributed by atoms with Crippen molar-refractivity contribution in [3.63, 3.8) is 0 Å². The van der Waals surface area contributed by atoms with Gasteiger partial charge in [0.05, 0.1) is 12.2 Å². The summed E-state index contributed by atoms with van der Waals surface area (Å²) in [6.07, 6.45) is 6.94. The number of aromatic nitrogens is 2. The number of piperidine rings is 1. The van der Waals surface area contributed by atoms with Crippen LogP contribution >= 0.6 is 0 Å². The van der Waals surface area contributed by atoms with Crippen molar-refractivity contribution in [1.29, 1.82) is 0 Å². The van der Waals surface area contributed by atoms with Crippen LogP contribution in [-0.2, 0) is 18.4 Å². The van der Waals surface area contributed by atoms with E-state index in [1.54, 1.807) is 10.9 Å². The van der Waals surface area contributed by atoms with Crippen molar-refractivity contribution in [2.45, 2.75) is 31.8 Å². The molecule has 1 aromatic heterocycles. The van der Waals surface area contributed by atoms with Gasteiger partial charge < -0.3 is 10.6 Å². The van der Waals surface area contributed by atoms with Gasteiger partial charge in [0.2, 0.25) is 5.91 Å². The molecule has 1 atom stereocenters. The number of nitrogens with zero attached hydrogens (tertiary/aromatic N) is 2. The molecule has 1 fully saturated rings. The average molecular weight is 222 g/mol. The third-order valence-electron chi connectivity index (χ3n) is 2.85. The molecule has 5 nitrogen and oxygen atoms in total. The Bertz CT molecular complexity index is 355. The third-order valence-corrected chi connectivity index (χ3v) is 2.85. The standard InChI is InChI=1S/C11H18N4O/c1-15-8-9(7-14-15)6-13-11(16)10-4-2-3-5-12-10/h7-8,10,12H,2-6H2,1H3,(H,13,16)/t10-/m1/s1. The fourth-order valence-electron chi connectivity index (χ4n) is 1.95. The number of hydrogen-bond donors (Lipinski definition) is 2. The summed E-state index contributed by atoms with van der Waals surface area (Å²) in [7, 11) is 1.87. The normalized spacial score (nSPS) is 20.7. The Hall–Kier alpha value is -1.36. The first kappa shape index (κ1) is 11.1. The summed E-state index contributed by atoms with van der Waals surface area (Å²) in [6, 6.07) is -0.00887. The lowest BCUT2D eigenvalue weighted by atomic mass is 10.0. The van der Waals surface area contributed by atoms with Gasteiger partial charge in [-0.1, -0.05) is 6.42 Å². The molecule has 0 saturated carbocycles. The summed E-state index contributed by atoms with van der Waals surface area (Å²) >= 11 is 0. The zero-order chi connectivity index (χ0) is 11.4. The van der Waals surface area contributed by atoms with E-state index in [-0.39, 0.29) is 11.9 Å². The second-order valence-electron chi connectivity index (χ2n) is 4.24. The van der Waals surface area contributed by atoms with Gasteiger partial charge in [-0.25, -0.2) is 0 Å². The largest absolute Gasteiger partial charge is 0.351 e. The van der Waals surface area contributed by atoms with Crippen molar-refractivity contribution >= 4 is 5.91 Å². The number of amides is 1. The van der Waals surface area contributed by atoms with Crippen molar-refractivity contribution < 1.29 is 4.79 Å². The van der Waals surface area contributed by atoms with Gasteiger partial charge in [-0.15, -0.1) is 0 Å². The van der Waals surface area contributed by atoms with E-state index in [1.165, 1.54) is 6.42 Å². The lowest BCUT2D eigenvalue weighted by Gasteiger charge is -2.22. The minimum absolute atomic E-state index is 0.00887. The molecule has 0 unspecified atom stereocenters. The first-order valence-corrected chi connectivity index (χ1v) is 5.74. The third kappa shape index (κ3) is 2.82. The van der Waals surface area contributed by atoms with Crippen LogP contribution in [0.3, 0.4) is 0 Å². The maximum atomic E-state index is 11.8. The summed E-state index contributed by atoms with van der Waals surface area (Å²) in [4.78, 5) is 11.8. The lowest BCUT2D eigenvalue weighted by molar-refractivity contribution is -0.123. The molecule has 0 radical (unpaired) electrons. The zero-order valence-electron chi connectivity index (χ0n) is 9.57. The Labute approximate surface area is 95.2 Å².